The molecule has 0 saturated carbocycles. The molecule has 0 aliphatic rings. The van der Waals surface area contributed by atoms with E-state index in [1.54, 1.807) is 0 Å². The van der Waals surface area contributed by atoms with Crippen molar-refractivity contribution in [3.8, 4) is 11.5 Å². The van der Waals surface area contributed by atoms with Gasteiger partial charge in [-0.2, -0.15) is 0 Å². The summed E-state index contributed by atoms with van der Waals surface area (Å²) in [4.78, 5) is 0. The first-order valence-corrected chi connectivity index (χ1v) is 6.15. The Labute approximate surface area is 108 Å². The van der Waals surface area contributed by atoms with Gasteiger partial charge in [-0.3, -0.25) is 0 Å². The van der Waals surface area contributed by atoms with Crippen LogP contribution in [0.15, 0.2) is 36.4 Å². The molecule has 2 N–H and O–H groups in total. The maximum atomic E-state index is 6.03. The number of ether oxygens (including phenoxy) is 1. The van der Waals surface area contributed by atoms with Gasteiger partial charge in [-0.25, -0.2) is 0 Å². The minimum Gasteiger partial charge on any atom is -0.457 e. The average molecular weight is 241 g/mol. The molecule has 0 aliphatic carbocycles. The van der Waals surface area contributed by atoms with Gasteiger partial charge in [0.2, 0.25) is 0 Å². The molecule has 0 spiro atoms. The van der Waals surface area contributed by atoms with E-state index in [0.29, 0.717) is 6.54 Å². The lowest BCUT2D eigenvalue weighted by Crippen LogP contribution is -1.98. The number of aryl methyl sites for hydroxylation is 3. The SMILES string of the molecule is Cc1cc(CN)ccc1Oc1c(C)cccc1C. The van der Waals surface area contributed by atoms with Crippen LogP contribution < -0.4 is 10.5 Å². The monoisotopic (exact) mass is 241 g/mol. The van der Waals surface area contributed by atoms with Crippen LogP contribution >= 0.6 is 0 Å². The molecular weight excluding hydrogens is 222 g/mol. The van der Waals surface area contributed by atoms with Gasteiger partial charge in [-0.05, 0) is 49.1 Å². The standard InChI is InChI=1S/C16H19NO/c1-11-5-4-6-12(2)16(11)18-15-8-7-14(10-17)9-13(15)3/h4-9H,10,17H2,1-3H3. The van der Waals surface area contributed by atoms with Crippen molar-refractivity contribution in [3.63, 3.8) is 0 Å². The Hall–Kier alpha value is -1.80. The third-order valence-corrected chi connectivity index (χ3v) is 3.10. The molecule has 18 heavy (non-hydrogen) atoms. The summed E-state index contributed by atoms with van der Waals surface area (Å²) in [6, 6.07) is 12.2. The van der Waals surface area contributed by atoms with Gasteiger partial charge >= 0.3 is 0 Å². The van der Waals surface area contributed by atoms with E-state index in [-0.39, 0.29) is 0 Å². The molecule has 0 fully saturated rings. The van der Waals surface area contributed by atoms with Crippen molar-refractivity contribution < 1.29 is 4.74 Å². The molecule has 0 radical (unpaired) electrons. The Bertz CT molecular complexity index is 541. The zero-order valence-corrected chi connectivity index (χ0v) is 11.2. The number of para-hydroxylation sites is 1. The van der Waals surface area contributed by atoms with E-state index in [2.05, 4.69) is 32.0 Å². The van der Waals surface area contributed by atoms with E-state index in [4.69, 9.17) is 10.5 Å². The summed E-state index contributed by atoms with van der Waals surface area (Å²) < 4.78 is 6.03. The summed E-state index contributed by atoms with van der Waals surface area (Å²) in [5.74, 6) is 1.84. The number of hydrogen-bond donors (Lipinski definition) is 1. The minimum atomic E-state index is 0.560. The second-order valence-corrected chi connectivity index (χ2v) is 4.63. The Morgan fingerprint density at radius 3 is 2.17 bits per heavy atom. The number of benzene rings is 2. The first kappa shape index (κ1) is 12.7. The molecule has 2 aromatic carbocycles. The predicted octanol–water partition coefficient (Wildman–Crippen LogP) is 3.86. The van der Waals surface area contributed by atoms with Gasteiger partial charge in [-0.15, -0.1) is 0 Å². The maximum Gasteiger partial charge on any atom is 0.133 e. The van der Waals surface area contributed by atoms with E-state index < -0.39 is 0 Å². The van der Waals surface area contributed by atoms with Gasteiger partial charge in [0.05, 0.1) is 0 Å². The molecule has 2 nitrogen and oxygen atoms in total. The molecule has 0 amide bonds. The van der Waals surface area contributed by atoms with E-state index in [0.717, 1.165) is 33.8 Å². The lowest BCUT2D eigenvalue weighted by molar-refractivity contribution is 0.471. The zero-order valence-electron chi connectivity index (χ0n) is 11.2. The first-order chi connectivity index (χ1) is 8.61. The fourth-order valence-corrected chi connectivity index (χ4v) is 2.02. The number of nitrogens with two attached hydrogens (primary N) is 1. The average Bonchev–Trinajstić information content (AvgIpc) is 2.35. The van der Waals surface area contributed by atoms with Gasteiger partial charge in [0.15, 0.2) is 0 Å². The highest BCUT2D eigenvalue weighted by molar-refractivity contribution is 5.45. The molecule has 0 heterocycles. The smallest absolute Gasteiger partial charge is 0.133 e. The van der Waals surface area contributed by atoms with Crippen molar-refractivity contribution in [2.45, 2.75) is 27.3 Å². The van der Waals surface area contributed by atoms with Crippen molar-refractivity contribution in [2.24, 2.45) is 5.73 Å². The molecule has 0 bridgehead atoms. The third-order valence-electron chi connectivity index (χ3n) is 3.10. The van der Waals surface area contributed by atoms with Crippen molar-refractivity contribution in [2.75, 3.05) is 0 Å². The topological polar surface area (TPSA) is 35.2 Å². The molecule has 2 rings (SSSR count). The van der Waals surface area contributed by atoms with Crippen LogP contribution in [0.5, 0.6) is 11.5 Å². The van der Waals surface area contributed by atoms with Crippen LogP contribution in [0.4, 0.5) is 0 Å². The Morgan fingerprint density at radius 2 is 1.61 bits per heavy atom. The molecule has 94 valence electrons. The summed E-state index contributed by atoms with van der Waals surface area (Å²) in [5, 5.41) is 0. The highest BCUT2D eigenvalue weighted by Crippen LogP contribution is 2.30. The van der Waals surface area contributed by atoms with Crippen molar-refractivity contribution >= 4 is 0 Å². The lowest BCUT2D eigenvalue weighted by Gasteiger charge is -2.14. The van der Waals surface area contributed by atoms with Crippen LogP contribution in [-0.4, -0.2) is 0 Å². The highest BCUT2D eigenvalue weighted by Gasteiger charge is 2.07. The molecule has 2 heteroatoms. The summed E-state index contributed by atoms with van der Waals surface area (Å²) in [5.41, 5.74) is 10.2. The number of hydrogen-bond acceptors (Lipinski definition) is 2. The van der Waals surface area contributed by atoms with Crippen LogP contribution in [0.2, 0.25) is 0 Å². The molecular formula is C16H19NO. The molecule has 2 aromatic rings. The third kappa shape index (κ3) is 2.54. The summed E-state index contributed by atoms with van der Waals surface area (Å²) >= 11 is 0. The fourth-order valence-electron chi connectivity index (χ4n) is 2.02. The molecule has 0 unspecified atom stereocenters. The molecule has 0 aromatic heterocycles. The second-order valence-electron chi connectivity index (χ2n) is 4.63. The van der Waals surface area contributed by atoms with Crippen LogP contribution in [0.25, 0.3) is 0 Å². The van der Waals surface area contributed by atoms with Gasteiger partial charge in [0.25, 0.3) is 0 Å². The predicted molar refractivity (Wildman–Crippen MR) is 75.1 cm³/mol. The quantitative estimate of drug-likeness (QED) is 0.885. The van der Waals surface area contributed by atoms with Crippen LogP contribution in [-0.2, 0) is 6.54 Å². The summed E-state index contributed by atoms with van der Waals surface area (Å²) in [6.45, 7) is 6.73. The molecule has 0 atom stereocenters. The first-order valence-electron chi connectivity index (χ1n) is 6.15. The highest BCUT2D eigenvalue weighted by atomic mass is 16.5. The van der Waals surface area contributed by atoms with E-state index >= 15 is 0 Å². The van der Waals surface area contributed by atoms with E-state index in [1.807, 2.05) is 25.1 Å². The van der Waals surface area contributed by atoms with Crippen LogP contribution in [0, 0.1) is 20.8 Å². The summed E-state index contributed by atoms with van der Waals surface area (Å²) in [6.07, 6.45) is 0. The molecule has 0 saturated heterocycles. The van der Waals surface area contributed by atoms with Crippen molar-refractivity contribution in [3.05, 3.63) is 58.7 Å². The Kier molecular flexibility index (Phi) is 3.68. The lowest BCUT2D eigenvalue weighted by atomic mass is 10.1. The number of rotatable bonds is 3. The van der Waals surface area contributed by atoms with Crippen LogP contribution in [0.3, 0.4) is 0 Å². The normalized spacial score (nSPS) is 10.4. The largest absolute Gasteiger partial charge is 0.457 e. The van der Waals surface area contributed by atoms with Crippen LogP contribution in [0.1, 0.15) is 22.3 Å². The van der Waals surface area contributed by atoms with E-state index in [1.165, 1.54) is 0 Å². The van der Waals surface area contributed by atoms with Gasteiger partial charge in [0.1, 0.15) is 11.5 Å². The fraction of sp³-hybridized carbons (Fsp3) is 0.250. The van der Waals surface area contributed by atoms with Gasteiger partial charge in [0, 0.05) is 6.54 Å². The Morgan fingerprint density at radius 1 is 0.944 bits per heavy atom. The van der Waals surface area contributed by atoms with Gasteiger partial charge in [-0.1, -0.05) is 30.3 Å². The van der Waals surface area contributed by atoms with E-state index in [9.17, 15) is 0 Å². The van der Waals surface area contributed by atoms with Crippen molar-refractivity contribution in [1.82, 2.24) is 0 Å². The van der Waals surface area contributed by atoms with Crippen molar-refractivity contribution in [1.29, 1.82) is 0 Å². The Balaban J connectivity index is 2.34. The molecule has 0 aliphatic heterocycles. The van der Waals surface area contributed by atoms with Gasteiger partial charge < -0.3 is 10.5 Å². The maximum absolute atomic E-state index is 6.03. The summed E-state index contributed by atoms with van der Waals surface area (Å²) in [7, 11) is 0. The second kappa shape index (κ2) is 5.23. The minimum absolute atomic E-state index is 0.560. The zero-order chi connectivity index (χ0) is 13.1.